The number of aromatic nitrogens is 2. The second-order valence-electron chi connectivity index (χ2n) is 3.88. The molecule has 0 aliphatic carbocycles. The maximum absolute atomic E-state index is 12.2. The summed E-state index contributed by atoms with van der Waals surface area (Å²) < 4.78 is 2.70. The molecule has 17 heavy (non-hydrogen) atoms. The zero-order valence-electron chi connectivity index (χ0n) is 9.77. The molecular formula is C13H13BrN2O. The van der Waals surface area contributed by atoms with Gasteiger partial charge in [-0.05, 0) is 25.5 Å². The fourth-order valence-electron chi connectivity index (χ4n) is 1.55. The molecule has 88 valence electrons. The predicted octanol–water partition coefficient (Wildman–Crippen LogP) is 3.20. The summed E-state index contributed by atoms with van der Waals surface area (Å²) in [6, 6.07) is 5.62. The van der Waals surface area contributed by atoms with Gasteiger partial charge < -0.3 is 0 Å². The minimum Gasteiger partial charge on any atom is -0.288 e. The minimum atomic E-state index is 0.00500. The Labute approximate surface area is 109 Å². The molecule has 0 spiro atoms. The molecule has 0 saturated heterocycles. The molecule has 0 aliphatic rings. The molecule has 0 atom stereocenters. The number of ketones is 1. The van der Waals surface area contributed by atoms with Gasteiger partial charge in [-0.3, -0.25) is 9.48 Å². The van der Waals surface area contributed by atoms with Gasteiger partial charge in [-0.1, -0.05) is 28.1 Å². The van der Waals surface area contributed by atoms with E-state index in [1.807, 2.05) is 32.0 Å². The van der Waals surface area contributed by atoms with Crippen LogP contribution in [0.4, 0.5) is 0 Å². The topological polar surface area (TPSA) is 34.9 Å². The number of halogens is 1. The Morgan fingerprint density at radius 1 is 1.41 bits per heavy atom. The maximum atomic E-state index is 12.2. The third-order valence-corrected chi connectivity index (χ3v) is 3.51. The Morgan fingerprint density at radius 3 is 2.76 bits per heavy atom. The average Bonchev–Trinajstić information content (AvgIpc) is 2.80. The van der Waals surface area contributed by atoms with Crippen molar-refractivity contribution in [3.63, 3.8) is 0 Å². The van der Waals surface area contributed by atoms with Crippen molar-refractivity contribution in [1.29, 1.82) is 0 Å². The van der Waals surface area contributed by atoms with Crippen LogP contribution in [0.25, 0.3) is 0 Å². The van der Waals surface area contributed by atoms with E-state index in [1.165, 1.54) is 0 Å². The first-order valence-corrected chi connectivity index (χ1v) is 6.24. The van der Waals surface area contributed by atoms with E-state index < -0.39 is 0 Å². The Hall–Kier alpha value is -1.42. The van der Waals surface area contributed by atoms with Crippen LogP contribution in [0.2, 0.25) is 0 Å². The fraction of sp³-hybridized carbons (Fsp3) is 0.231. The average molecular weight is 293 g/mol. The highest BCUT2D eigenvalue weighted by Crippen LogP contribution is 2.19. The summed E-state index contributed by atoms with van der Waals surface area (Å²) in [5.74, 6) is 0.00500. The van der Waals surface area contributed by atoms with Crippen LogP contribution >= 0.6 is 15.9 Å². The summed E-state index contributed by atoms with van der Waals surface area (Å²) in [4.78, 5) is 12.2. The van der Waals surface area contributed by atoms with E-state index in [-0.39, 0.29) is 5.78 Å². The van der Waals surface area contributed by atoms with Crippen molar-refractivity contribution in [3.8, 4) is 0 Å². The van der Waals surface area contributed by atoms with Gasteiger partial charge in [0.15, 0.2) is 5.78 Å². The third kappa shape index (κ3) is 2.47. The van der Waals surface area contributed by atoms with Crippen LogP contribution in [0, 0.1) is 6.92 Å². The second-order valence-corrected chi connectivity index (χ2v) is 4.73. The van der Waals surface area contributed by atoms with Crippen molar-refractivity contribution in [1.82, 2.24) is 9.78 Å². The second kappa shape index (κ2) is 4.84. The van der Waals surface area contributed by atoms with E-state index in [9.17, 15) is 4.79 Å². The van der Waals surface area contributed by atoms with Gasteiger partial charge in [0.05, 0.1) is 11.8 Å². The first-order chi connectivity index (χ1) is 8.11. The third-order valence-electron chi connectivity index (χ3n) is 2.65. The van der Waals surface area contributed by atoms with Gasteiger partial charge in [-0.2, -0.15) is 5.10 Å². The number of carbonyl (C=O) groups is 1. The minimum absolute atomic E-state index is 0.00500. The SMILES string of the molecule is CCn1cc(C(=O)c2ccc(C)c(Br)c2)cn1. The molecule has 3 nitrogen and oxygen atoms in total. The molecule has 2 aromatic rings. The number of hydrogen-bond acceptors (Lipinski definition) is 2. The summed E-state index contributed by atoms with van der Waals surface area (Å²) in [7, 11) is 0. The molecule has 0 amide bonds. The molecule has 0 aliphatic heterocycles. The van der Waals surface area contributed by atoms with E-state index in [0.29, 0.717) is 11.1 Å². The van der Waals surface area contributed by atoms with Crippen LogP contribution in [-0.2, 0) is 6.54 Å². The Balaban J connectivity index is 2.33. The van der Waals surface area contributed by atoms with Gasteiger partial charge in [-0.25, -0.2) is 0 Å². The van der Waals surface area contributed by atoms with E-state index in [0.717, 1.165) is 16.6 Å². The number of nitrogens with zero attached hydrogens (tertiary/aromatic N) is 2. The maximum Gasteiger partial charge on any atom is 0.196 e. The molecule has 1 heterocycles. The quantitative estimate of drug-likeness (QED) is 0.814. The molecule has 0 unspecified atom stereocenters. The summed E-state index contributed by atoms with van der Waals surface area (Å²) in [5.41, 5.74) is 2.42. The van der Waals surface area contributed by atoms with Crippen molar-refractivity contribution in [3.05, 3.63) is 51.8 Å². The lowest BCUT2D eigenvalue weighted by molar-refractivity contribution is 0.103. The van der Waals surface area contributed by atoms with Crippen LogP contribution in [0.3, 0.4) is 0 Å². The molecule has 2 rings (SSSR count). The van der Waals surface area contributed by atoms with Crippen LogP contribution in [0.15, 0.2) is 35.1 Å². The Morgan fingerprint density at radius 2 is 2.18 bits per heavy atom. The highest BCUT2D eigenvalue weighted by atomic mass is 79.9. The predicted molar refractivity (Wildman–Crippen MR) is 70.2 cm³/mol. The number of hydrogen-bond donors (Lipinski definition) is 0. The lowest BCUT2D eigenvalue weighted by Crippen LogP contribution is -2.00. The number of aryl methyl sites for hydroxylation is 2. The lowest BCUT2D eigenvalue weighted by atomic mass is 10.1. The van der Waals surface area contributed by atoms with Gasteiger partial charge in [0.1, 0.15) is 0 Å². The van der Waals surface area contributed by atoms with Crippen LogP contribution in [0.1, 0.15) is 28.4 Å². The van der Waals surface area contributed by atoms with E-state index in [2.05, 4.69) is 21.0 Å². The van der Waals surface area contributed by atoms with Crippen molar-refractivity contribution in [2.45, 2.75) is 20.4 Å². The molecule has 1 aromatic carbocycles. The first kappa shape index (κ1) is 12.0. The van der Waals surface area contributed by atoms with Gasteiger partial charge in [0.25, 0.3) is 0 Å². The Bertz CT molecular complexity index is 560. The first-order valence-electron chi connectivity index (χ1n) is 5.45. The zero-order chi connectivity index (χ0) is 12.4. The molecule has 4 heteroatoms. The number of rotatable bonds is 3. The van der Waals surface area contributed by atoms with E-state index >= 15 is 0 Å². The fourth-order valence-corrected chi connectivity index (χ4v) is 1.93. The molecule has 0 fully saturated rings. The normalized spacial score (nSPS) is 10.5. The summed E-state index contributed by atoms with van der Waals surface area (Å²) in [6.07, 6.45) is 3.38. The van der Waals surface area contributed by atoms with Gasteiger partial charge >= 0.3 is 0 Å². The van der Waals surface area contributed by atoms with Crippen molar-refractivity contribution in [2.24, 2.45) is 0 Å². The molecule has 0 N–H and O–H groups in total. The summed E-state index contributed by atoms with van der Waals surface area (Å²) in [5, 5.41) is 4.11. The number of carbonyl (C=O) groups excluding carboxylic acids is 1. The monoisotopic (exact) mass is 292 g/mol. The zero-order valence-corrected chi connectivity index (χ0v) is 11.4. The summed E-state index contributed by atoms with van der Waals surface area (Å²) in [6.45, 7) is 4.75. The largest absolute Gasteiger partial charge is 0.288 e. The van der Waals surface area contributed by atoms with E-state index in [4.69, 9.17) is 0 Å². The molecule has 0 saturated carbocycles. The molecule has 0 bridgehead atoms. The number of benzene rings is 1. The standard InChI is InChI=1S/C13H13BrN2O/c1-3-16-8-11(7-15-16)13(17)10-5-4-9(2)12(14)6-10/h4-8H,3H2,1-2H3. The van der Waals surface area contributed by atoms with Crippen LogP contribution in [0.5, 0.6) is 0 Å². The molecular weight excluding hydrogens is 280 g/mol. The highest BCUT2D eigenvalue weighted by Gasteiger charge is 2.12. The summed E-state index contributed by atoms with van der Waals surface area (Å²) >= 11 is 3.43. The van der Waals surface area contributed by atoms with Gasteiger partial charge in [0.2, 0.25) is 0 Å². The van der Waals surface area contributed by atoms with Crippen molar-refractivity contribution < 1.29 is 4.79 Å². The smallest absolute Gasteiger partial charge is 0.196 e. The van der Waals surface area contributed by atoms with E-state index in [1.54, 1.807) is 17.1 Å². The van der Waals surface area contributed by atoms with Crippen LogP contribution < -0.4 is 0 Å². The Kier molecular flexibility index (Phi) is 3.43. The van der Waals surface area contributed by atoms with Crippen molar-refractivity contribution in [2.75, 3.05) is 0 Å². The van der Waals surface area contributed by atoms with Crippen LogP contribution in [-0.4, -0.2) is 15.6 Å². The molecule has 1 aromatic heterocycles. The molecule has 0 radical (unpaired) electrons. The lowest BCUT2D eigenvalue weighted by Gasteiger charge is -2.01. The van der Waals surface area contributed by atoms with Gasteiger partial charge in [-0.15, -0.1) is 0 Å². The van der Waals surface area contributed by atoms with Gasteiger partial charge in [0, 0.05) is 22.8 Å². The van der Waals surface area contributed by atoms with Crippen molar-refractivity contribution >= 4 is 21.7 Å². The highest BCUT2D eigenvalue weighted by molar-refractivity contribution is 9.10.